The Morgan fingerprint density at radius 1 is 1.23 bits per heavy atom. The summed E-state index contributed by atoms with van der Waals surface area (Å²) >= 11 is 0. The molecule has 5 heteroatoms. The van der Waals surface area contributed by atoms with Crippen LogP contribution >= 0.6 is 12.4 Å². The van der Waals surface area contributed by atoms with Crippen LogP contribution in [0.3, 0.4) is 0 Å². The first kappa shape index (κ1) is 18.9. The largest absolute Gasteiger partial charge is 0.364 e. The Bertz CT molecular complexity index is 476. The van der Waals surface area contributed by atoms with Crippen LogP contribution in [0.2, 0.25) is 0 Å². The molecule has 124 valence electrons. The third-order valence-electron chi connectivity index (χ3n) is 4.12. The van der Waals surface area contributed by atoms with E-state index in [1.54, 1.807) is 0 Å². The van der Waals surface area contributed by atoms with Crippen LogP contribution in [0.25, 0.3) is 0 Å². The van der Waals surface area contributed by atoms with Crippen molar-refractivity contribution in [2.24, 2.45) is 5.73 Å². The molecule has 0 bridgehead atoms. The van der Waals surface area contributed by atoms with E-state index in [0.717, 1.165) is 18.4 Å². The van der Waals surface area contributed by atoms with E-state index in [9.17, 15) is 4.79 Å². The van der Waals surface area contributed by atoms with E-state index in [2.05, 4.69) is 43.4 Å². The Balaban J connectivity index is 0.00000242. The van der Waals surface area contributed by atoms with Crippen molar-refractivity contribution < 1.29 is 9.53 Å². The fourth-order valence-electron chi connectivity index (χ4n) is 2.63. The molecule has 1 aliphatic rings. The van der Waals surface area contributed by atoms with E-state index in [4.69, 9.17) is 10.5 Å². The summed E-state index contributed by atoms with van der Waals surface area (Å²) in [7, 11) is 0. The predicted octanol–water partition coefficient (Wildman–Crippen LogP) is 2.92. The summed E-state index contributed by atoms with van der Waals surface area (Å²) < 4.78 is 5.62. The van der Waals surface area contributed by atoms with Crippen molar-refractivity contribution in [2.45, 2.75) is 57.8 Å². The van der Waals surface area contributed by atoms with E-state index in [1.807, 2.05) is 6.92 Å². The van der Waals surface area contributed by atoms with Crippen molar-refractivity contribution in [2.75, 3.05) is 6.54 Å². The van der Waals surface area contributed by atoms with Gasteiger partial charge in [0.05, 0.1) is 12.1 Å². The summed E-state index contributed by atoms with van der Waals surface area (Å²) in [5.74, 6) is 0.482. The second kappa shape index (κ2) is 8.51. The molecule has 1 aliphatic heterocycles. The van der Waals surface area contributed by atoms with Crippen LogP contribution in [0.5, 0.6) is 0 Å². The summed E-state index contributed by atoms with van der Waals surface area (Å²) in [6.45, 7) is 6.82. The van der Waals surface area contributed by atoms with Gasteiger partial charge in [0.1, 0.15) is 6.10 Å². The number of rotatable bonds is 5. The lowest BCUT2D eigenvalue weighted by atomic mass is 9.99. The lowest BCUT2D eigenvalue weighted by Gasteiger charge is -2.18. The highest BCUT2D eigenvalue weighted by Crippen LogP contribution is 2.21. The highest BCUT2D eigenvalue weighted by molar-refractivity contribution is 5.85. The minimum atomic E-state index is -0.351. The summed E-state index contributed by atoms with van der Waals surface area (Å²) in [6, 6.07) is 8.40. The number of amides is 1. The minimum absolute atomic E-state index is 0. The van der Waals surface area contributed by atoms with Crippen LogP contribution < -0.4 is 11.1 Å². The van der Waals surface area contributed by atoms with Crippen LogP contribution in [0.1, 0.15) is 56.7 Å². The molecular formula is C17H27ClN2O2. The first-order valence-electron chi connectivity index (χ1n) is 7.77. The number of nitrogens with two attached hydrogens (primary N) is 1. The van der Waals surface area contributed by atoms with E-state index < -0.39 is 0 Å². The zero-order valence-electron chi connectivity index (χ0n) is 13.5. The lowest BCUT2D eigenvalue weighted by molar-refractivity contribution is -0.132. The van der Waals surface area contributed by atoms with Crippen LogP contribution in [0.15, 0.2) is 24.3 Å². The summed E-state index contributed by atoms with van der Waals surface area (Å²) in [4.78, 5) is 12.2. The Morgan fingerprint density at radius 3 is 2.32 bits per heavy atom. The maximum atomic E-state index is 12.2. The van der Waals surface area contributed by atoms with Gasteiger partial charge >= 0.3 is 0 Å². The Labute approximate surface area is 139 Å². The molecule has 22 heavy (non-hydrogen) atoms. The molecule has 0 spiro atoms. The summed E-state index contributed by atoms with van der Waals surface area (Å²) in [5, 5.41) is 3.03. The van der Waals surface area contributed by atoms with Crippen molar-refractivity contribution in [1.82, 2.24) is 5.32 Å². The third-order valence-corrected chi connectivity index (χ3v) is 4.12. The molecule has 1 aromatic carbocycles. The lowest BCUT2D eigenvalue weighted by Crippen LogP contribution is -2.37. The number of carbonyl (C=O) groups excluding carboxylic acids is 1. The molecule has 1 saturated heterocycles. The van der Waals surface area contributed by atoms with Gasteiger partial charge in [-0.05, 0) is 36.8 Å². The summed E-state index contributed by atoms with van der Waals surface area (Å²) in [6.07, 6.45) is 1.30. The van der Waals surface area contributed by atoms with Gasteiger partial charge in [0.2, 0.25) is 5.91 Å². The van der Waals surface area contributed by atoms with E-state index in [1.165, 1.54) is 5.56 Å². The monoisotopic (exact) mass is 326 g/mol. The Kier molecular flexibility index (Phi) is 7.33. The molecule has 0 aliphatic carbocycles. The number of hydrogen-bond acceptors (Lipinski definition) is 3. The maximum Gasteiger partial charge on any atom is 0.249 e. The first-order chi connectivity index (χ1) is 10.0. The zero-order chi connectivity index (χ0) is 15.4. The highest BCUT2D eigenvalue weighted by Gasteiger charge is 2.30. The topological polar surface area (TPSA) is 64.4 Å². The number of nitrogens with one attached hydrogen (secondary N) is 1. The Morgan fingerprint density at radius 2 is 1.82 bits per heavy atom. The van der Waals surface area contributed by atoms with E-state index >= 15 is 0 Å². The van der Waals surface area contributed by atoms with Gasteiger partial charge in [0.25, 0.3) is 0 Å². The molecule has 2 rings (SSSR count). The Hall–Kier alpha value is -1.10. The van der Waals surface area contributed by atoms with E-state index in [0.29, 0.717) is 12.5 Å². The van der Waals surface area contributed by atoms with Gasteiger partial charge in [0, 0.05) is 6.54 Å². The molecule has 1 fully saturated rings. The standard InChI is InChI=1S/C17H26N2O2.ClH/c1-11(2)13-4-6-14(7-5-13)12(3)19-17(20)16-9-8-15(10-18)21-16;/h4-7,11-12,15-16H,8-10,18H2,1-3H3,(H,19,20);1H/t12?,15-,16+;/m1./s1. The van der Waals surface area contributed by atoms with Gasteiger partial charge in [-0.15, -0.1) is 12.4 Å². The fourth-order valence-corrected chi connectivity index (χ4v) is 2.63. The first-order valence-corrected chi connectivity index (χ1v) is 7.77. The molecular weight excluding hydrogens is 300 g/mol. The number of carbonyl (C=O) groups is 1. The molecule has 3 N–H and O–H groups in total. The highest BCUT2D eigenvalue weighted by atomic mass is 35.5. The van der Waals surface area contributed by atoms with Crippen molar-refractivity contribution in [3.8, 4) is 0 Å². The van der Waals surface area contributed by atoms with Crippen LogP contribution in [-0.4, -0.2) is 24.7 Å². The second-order valence-electron chi connectivity index (χ2n) is 6.11. The quantitative estimate of drug-likeness (QED) is 0.874. The van der Waals surface area contributed by atoms with Crippen LogP contribution in [0.4, 0.5) is 0 Å². The fraction of sp³-hybridized carbons (Fsp3) is 0.588. The molecule has 1 aromatic rings. The molecule has 3 atom stereocenters. The minimum Gasteiger partial charge on any atom is -0.364 e. The molecule has 4 nitrogen and oxygen atoms in total. The number of benzene rings is 1. The van der Waals surface area contributed by atoms with Gasteiger partial charge in [-0.25, -0.2) is 0 Å². The van der Waals surface area contributed by atoms with Crippen LogP contribution in [0, 0.1) is 0 Å². The van der Waals surface area contributed by atoms with Crippen molar-refractivity contribution >= 4 is 18.3 Å². The van der Waals surface area contributed by atoms with Gasteiger partial charge in [-0.2, -0.15) is 0 Å². The average molecular weight is 327 g/mol. The second-order valence-corrected chi connectivity index (χ2v) is 6.11. The summed E-state index contributed by atoms with van der Waals surface area (Å²) in [5.41, 5.74) is 7.99. The smallest absolute Gasteiger partial charge is 0.249 e. The van der Waals surface area contributed by atoms with E-state index in [-0.39, 0.29) is 36.6 Å². The third kappa shape index (κ3) is 4.70. The molecule has 0 radical (unpaired) electrons. The van der Waals surface area contributed by atoms with Gasteiger partial charge < -0.3 is 15.8 Å². The van der Waals surface area contributed by atoms with Crippen molar-refractivity contribution in [1.29, 1.82) is 0 Å². The molecule has 1 unspecified atom stereocenters. The van der Waals surface area contributed by atoms with Crippen molar-refractivity contribution in [3.63, 3.8) is 0 Å². The van der Waals surface area contributed by atoms with Gasteiger partial charge in [0.15, 0.2) is 0 Å². The predicted molar refractivity (Wildman–Crippen MR) is 91.3 cm³/mol. The SMILES string of the molecule is CC(C)c1ccc(C(C)NC(=O)[C@@H]2CC[C@H](CN)O2)cc1.Cl. The zero-order valence-corrected chi connectivity index (χ0v) is 14.4. The molecule has 1 amide bonds. The van der Waals surface area contributed by atoms with Gasteiger partial charge in [-0.3, -0.25) is 4.79 Å². The van der Waals surface area contributed by atoms with Crippen LogP contribution in [-0.2, 0) is 9.53 Å². The normalized spacial score (nSPS) is 22.2. The number of hydrogen-bond donors (Lipinski definition) is 2. The average Bonchev–Trinajstić information content (AvgIpc) is 2.96. The maximum absolute atomic E-state index is 12.2. The molecule has 0 saturated carbocycles. The molecule has 1 heterocycles. The van der Waals surface area contributed by atoms with Gasteiger partial charge in [-0.1, -0.05) is 38.1 Å². The number of halogens is 1. The molecule has 0 aromatic heterocycles. The number of ether oxygens (including phenoxy) is 1. The van der Waals surface area contributed by atoms with Crippen molar-refractivity contribution in [3.05, 3.63) is 35.4 Å².